The van der Waals surface area contributed by atoms with Crippen molar-refractivity contribution in [3.05, 3.63) is 71.1 Å². The SMILES string of the molecule is C.C1=C(C2CCOCC2)c2c(ncc3nc(C4CCNCC4)cn23)C1.CN1CCC(c2cn3c4c(ncc3n2)CC=C4C2CCOCC2)CC1. The molecule has 50 heavy (non-hydrogen) atoms. The molecule has 0 amide bonds. The Morgan fingerprint density at radius 3 is 1.56 bits per heavy atom. The van der Waals surface area contributed by atoms with Crippen LogP contribution in [0.5, 0.6) is 0 Å². The minimum absolute atomic E-state index is 0. The third kappa shape index (κ3) is 6.44. The van der Waals surface area contributed by atoms with E-state index in [0.717, 1.165) is 89.3 Å². The molecule has 1 N–H and O–H groups in total. The number of imidazole rings is 2. The predicted molar refractivity (Wildman–Crippen MR) is 197 cm³/mol. The summed E-state index contributed by atoms with van der Waals surface area (Å²) in [5, 5.41) is 3.44. The fourth-order valence-electron chi connectivity index (χ4n) is 9.11. The summed E-state index contributed by atoms with van der Waals surface area (Å²) in [5.74, 6) is 2.39. The molecule has 4 saturated heterocycles. The van der Waals surface area contributed by atoms with Crippen LogP contribution in [0, 0.1) is 11.8 Å². The van der Waals surface area contributed by atoms with Crippen LogP contribution >= 0.6 is 0 Å². The summed E-state index contributed by atoms with van der Waals surface area (Å²) < 4.78 is 15.7. The van der Waals surface area contributed by atoms with E-state index in [4.69, 9.17) is 29.4 Å². The standard InChI is InChI=1S/C20H26N4O.C19H24N4O.CH4/c1-23-8-4-15(5-9-23)18-13-24-19(22-18)12-21-17-3-2-16(20(17)24)14-6-10-25-11-7-14;1-2-16-19(15(1)13-5-9-24-10-6-13)23-12-17(22-18(23)11-21-16)14-3-7-20-8-4-14;/h2,12-15H,3-11H2,1H3;1,11-14,20H,2-10H2;1H4. The highest BCUT2D eigenvalue weighted by Crippen LogP contribution is 2.39. The summed E-state index contributed by atoms with van der Waals surface area (Å²) in [5.41, 5.74) is 12.5. The molecule has 0 bridgehead atoms. The Morgan fingerprint density at radius 1 is 0.620 bits per heavy atom. The summed E-state index contributed by atoms with van der Waals surface area (Å²) in [4.78, 5) is 21.7. The molecule has 266 valence electrons. The van der Waals surface area contributed by atoms with Crippen LogP contribution in [0.25, 0.3) is 22.4 Å². The van der Waals surface area contributed by atoms with Gasteiger partial charge in [-0.15, -0.1) is 0 Å². The Labute approximate surface area is 296 Å². The van der Waals surface area contributed by atoms with Gasteiger partial charge in [0, 0.05) is 63.5 Å². The van der Waals surface area contributed by atoms with Crippen LogP contribution in [-0.4, -0.2) is 93.3 Å². The molecule has 10 heteroatoms. The van der Waals surface area contributed by atoms with E-state index >= 15 is 0 Å². The zero-order valence-corrected chi connectivity index (χ0v) is 28.9. The van der Waals surface area contributed by atoms with Crippen molar-refractivity contribution in [2.24, 2.45) is 11.8 Å². The fraction of sp³-hybridized carbons (Fsp3) is 0.600. The molecule has 10 rings (SSSR count). The maximum atomic E-state index is 5.56. The number of nitrogens with zero attached hydrogens (tertiary/aromatic N) is 7. The molecule has 0 aromatic carbocycles. The van der Waals surface area contributed by atoms with Crippen LogP contribution in [-0.2, 0) is 22.3 Å². The first-order valence-corrected chi connectivity index (χ1v) is 18.9. The molecular weight excluding hydrogens is 624 g/mol. The first kappa shape index (κ1) is 33.7. The smallest absolute Gasteiger partial charge is 0.156 e. The minimum Gasteiger partial charge on any atom is -0.381 e. The van der Waals surface area contributed by atoms with Gasteiger partial charge in [-0.25, -0.2) is 9.97 Å². The Morgan fingerprint density at radius 2 is 1.08 bits per heavy atom. The van der Waals surface area contributed by atoms with Crippen molar-refractivity contribution in [3.63, 3.8) is 0 Å². The van der Waals surface area contributed by atoms with E-state index < -0.39 is 0 Å². The summed E-state index contributed by atoms with van der Waals surface area (Å²) in [6.45, 7) is 8.06. The molecule has 4 aromatic rings. The Kier molecular flexibility index (Phi) is 9.88. The monoisotopic (exact) mass is 678 g/mol. The largest absolute Gasteiger partial charge is 0.381 e. The van der Waals surface area contributed by atoms with Gasteiger partial charge in [0.2, 0.25) is 0 Å². The second-order valence-corrected chi connectivity index (χ2v) is 15.0. The van der Waals surface area contributed by atoms with Crippen molar-refractivity contribution >= 4 is 22.4 Å². The number of hydrogen-bond donors (Lipinski definition) is 1. The zero-order chi connectivity index (χ0) is 32.7. The normalized spacial score (nSPS) is 22.5. The van der Waals surface area contributed by atoms with Crippen LogP contribution in [0.3, 0.4) is 0 Å². The van der Waals surface area contributed by atoms with Gasteiger partial charge in [-0.05, 0) is 108 Å². The second kappa shape index (κ2) is 14.7. The molecular formula is C40H54N8O2. The number of aromatic nitrogens is 6. The van der Waals surface area contributed by atoms with Crippen molar-refractivity contribution in [2.75, 3.05) is 59.7 Å². The first-order chi connectivity index (χ1) is 24.2. The third-order valence-corrected chi connectivity index (χ3v) is 12.0. The molecule has 6 aliphatic rings. The number of likely N-dealkylation sites (tertiary alicyclic amines) is 1. The van der Waals surface area contributed by atoms with E-state index in [-0.39, 0.29) is 7.43 Å². The van der Waals surface area contributed by atoms with Gasteiger partial charge in [0.15, 0.2) is 11.3 Å². The average Bonchev–Trinajstić information content (AvgIpc) is 3.97. The van der Waals surface area contributed by atoms with Crippen molar-refractivity contribution in [1.82, 2.24) is 39.0 Å². The van der Waals surface area contributed by atoms with E-state index in [1.807, 2.05) is 12.4 Å². The molecule has 8 heterocycles. The number of piperidine rings is 2. The number of hydrogen-bond acceptors (Lipinski definition) is 8. The second-order valence-electron chi connectivity index (χ2n) is 15.0. The maximum Gasteiger partial charge on any atom is 0.156 e. The molecule has 0 spiro atoms. The zero-order valence-electron chi connectivity index (χ0n) is 28.9. The first-order valence-electron chi connectivity index (χ1n) is 18.9. The van der Waals surface area contributed by atoms with Gasteiger partial charge in [-0.3, -0.25) is 18.8 Å². The van der Waals surface area contributed by atoms with E-state index in [0.29, 0.717) is 23.7 Å². The van der Waals surface area contributed by atoms with Crippen molar-refractivity contribution < 1.29 is 9.47 Å². The maximum absolute atomic E-state index is 5.56. The van der Waals surface area contributed by atoms with E-state index in [9.17, 15) is 0 Å². The van der Waals surface area contributed by atoms with Crippen LogP contribution in [0.1, 0.15) is 105 Å². The van der Waals surface area contributed by atoms with Crippen LogP contribution in [0.4, 0.5) is 0 Å². The van der Waals surface area contributed by atoms with E-state index in [1.54, 1.807) is 0 Å². The van der Waals surface area contributed by atoms with Gasteiger partial charge in [-0.1, -0.05) is 19.6 Å². The Hall–Kier alpha value is -3.44. The molecule has 0 unspecified atom stereocenters. The van der Waals surface area contributed by atoms with E-state index in [2.05, 4.69) is 50.6 Å². The lowest BCUT2D eigenvalue weighted by Gasteiger charge is -2.27. The molecule has 4 aromatic heterocycles. The number of allylic oxidation sites excluding steroid dienone is 4. The molecule has 4 fully saturated rings. The highest BCUT2D eigenvalue weighted by molar-refractivity contribution is 5.74. The molecule has 2 aliphatic carbocycles. The van der Waals surface area contributed by atoms with Gasteiger partial charge in [0.25, 0.3) is 0 Å². The third-order valence-electron chi connectivity index (χ3n) is 12.0. The minimum atomic E-state index is 0. The molecule has 0 saturated carbocycles. The van der Waals surface area contributed by atoms with Gasteiger partial charge >= 0.3 is 0 Å². The van der Waals surface area contributed by atoms with Crippen LogP contribution in [0.2, 0.25) is 0 Å². The quantitative estimate of drug-likeness (QED) is 0.277. The lowest BCUT2D eigenvalue weighted by Crippen LogP contribution is -2.29. The summed E-state index contributed by atoms with van der Waals surface area (Å²) >= 11 is 0. The van der Waals surface area contributed by atoms with Gasteiger partial charge in [0.1, 0.15) is 0 Å². The fourth-order valence-corrected chi connectivity index (χ4v) is 9.11. The lowest BCUT2D eigenvalue weighted by molar-refractivity contribution is 0.0806. The molecule has 4 aliphatic heterocycles. The molecule has 10 nitrogen and oxygen atoms in total. The number of nitrogens with one attached hydrogen (secondary N) is 1. The Bertz CT molecular complexity index is 1860. The summed E-state index contributed by atoms with van der Waals surface area (Å²) in [7, 11) is 2.21. The average molecular weight is 679 g/mol. The predicted octanol–water partition coefficient (Wildman–Crippen LogP) is 6.10. The summed E-state index contributed by atoms with van der Waals surface area (Å²) in [6, 6.07) is 0. The summed E-state index contributed by atoms with van der Waals surface area (Å²) in [6.07, 6.45) is 24.4. The molecule has 0 atom stereocenters. The lowest BCUT2D eigenvalue weighted by atomic mass is 9.90. The van der Waals surface area contributed by atoms with Gasteiger partial charge in [0.05, 0.1) is 46.6 Å². The molecule has 0 radical (unpaired) electrons. The number of ether oxygens (including phenoxy) is 2. The topological polar surface area (TPSA) is 94.1 Å². The van der Waals surface area contributed by atoms with Crippen LogP contribution < -0.4 is 5.32 Å². The Balaban J connectivity index is 0.000000142. The highest BCUT2D eigenvalue weighted by atomic mass is 16.5. The highest BCUT2D eigenvalue weighted by Gasteiger charge is 2.30. The van der Waals surface area contributed by atoms with Gasteiger partial charge < -0.3 is 19.7 Å². The van der Waals surface area contributed by atoms with Crippen molar-refractivity contribution in [1.29, 1.82) is 0 Å². The van der Waals surface area contributed by atoms with E-state index in [1.165, 1.54) is 84.1 Å². The van der Waals surface area contributed by atoms with Crippen molar-refractivity contribution in [3.8, 4) is 0 Å². The number of fused-ring (bicyclic) bond motifs is 6. The van der Waals surface area contributed by atoms with Crippen molar-refractivity contribution in [2.45, 2.75) is 83.5 Å². The number of rotatable bonds is 4. The van der Waals surface area contributed by atoms with Crippen LogP contribution in [0.15, 0.2) is 36.9 Å². The van der Waals surface area contributed by atoms with Gasteiger partial charge in [-0.2, -0.15) is 0 Å².